The molecule has 0 amide bonds. The standard InChI is InChI=1S/C26H38N6O2/c1-17(2)24(25-28-29-30-32(25)22-9-6-5-7-10-22)31(11-8-12-33)16-21-15-20-14-18(3)13-19(4)23(20)27-26(21)34/h13-15,17,22,24,33H,5-12,16H2,1-4H3,(H,27,34)/t24-/m1/s1. The van der Waals surface area contributed by atoms with E-state index < -0.39 is 0 Å². The number of aromatic nitrogens is 5. The second-order valence-electron chi connectivity index (χ2n) is 10.2. The molecule has 8 heteroatoms. The van der Waals surface area contributed by atoms with Crippen molar-refractivity contribution in [3.05, 3.63) is 51.1 Å². The molecule has 0 radical (unpaired) electrons. The zero-order chi connectivity index (χ0) is 24.2. The number of aliphatic hydroxyl groups is 1. The molecule has 0 aliphatic heterocycles. The topological polar surface area (TPSA) is 99.9 Å². The predicted octanol–water partition coefficient (Wildman–Crippen LogP) is 4.22. The molecule has 0 bridgehead atoms. The lowest BCUT2D eigenvalue weighted by molar-refractivity contribution is 0.118. The molecule has 1 fully saturated rings. The van der Waals surface area contributed by atoms with Crippen LogP contribution in [0.25, 0.3) is 10.9 Å². The number of aliphatic hydroxyl groups excluding tert-OH is 1. The number of nitrogens with zero attached hydrogens (tertiary/aromatic N) is 5. The highest BCUT2D eigenvalue weighted by atomic mass is 16.3. The Kier molecular flexibility index (Phi) is 7.78. The third kappa shape index (κ3) is 5.23. The molecule has 34 heavy (non-hydrogen) atoms. The summed E-state index contributed by atoms with van der Waals surface area (Å²) in [5.41, 5.74) is 3.79. The lowest BCUT2D eigenvalue weighted by Crippen LogP contribution is -2.37. The van der Waals surface area contributed by atoms with Crippen LogP contribution in [-0.4, -0.2) is 48.3 Å². The fourth-order valence-electron chi connectivity index (χ4n) is 5.52. The van der Waals surface area contributed by atoms with Gasteiger partial charge in [-0.15, -0.1) is 5.10 Å². The van der Waals surface area contributed by atoms with Crippen molar-refractivity contribution in [3.8, 4) is 0 Å². The van der Waals surface area contributed by atoms with Crippen LogP contribution in [0.4, 0.5) is 0 Å². The van der Waals surface area contributed by atoms with E-state index >= 15 is 0 Å². The molecule has 1 aliphatic carbocycles. The minimum absolute atomic E-state index is 0.0576. The van der Waals surface area contributed by atoms with Crippen LogP contribution in [-0.2, 0) is 6.54 Å². The van der Waals surface area contributed by atoms with Crippen LogP contribution in [0.1, 0.15) is 87.0 Å². The highest BCUT2D eigenvalue weighted by molar-refractivity contribution is 5.82. The molecular formula is C26H38N6O2. The largest absolute Gasteiger partial charge is 0.396 e. The van der Waals surface area contributed by atoms with E-state index in [1.165, 1.54) is 24.8 Å². The van der Waals surface area contributed by atoms with E-state index in [4.69, 9.17) is 0 Å². The van der Waals surface area contributed by atoms with Gasteiger partial charge in [0.1, 0.15) is 0 Å². The molecular weight excluding hydrogens is 428 g/mol. The first-order valence-electron chi connectivity index (χ1n) is 12.6. The average Bonchev–Trinajstić information content (AvgIpc) is 3.28. The van der Waals surface area contributed by atoms with Gasteiger partial charge in [0.25, 0.3) is 5.56 Å². The van der Waals surface area contributed by atoms with E-state index in [9.17, 15) is 9.90 Å². The summed E-state index contributed by atoms with van der Waals surface area (Å²) in [5.74, 6) is 1.10. The number of H-pyrrole nitrogens is 1. The molecule has 2 aromatic heterocycles. The Hall–Kier alpha value is -2.58. The van der Waals surface area contributed by atoms with E-state index in [0.717, 1.165) is 40.7 Å². The van der Waals surface area contributed by atoms with Crippen molar-refractivity contribution in [2.75, 3.05) is 13.2 Å². The number of aromatic amines is 1. The maximum Gasteiger partial charge on any atom is 0.252 e. The number of hydrogen-bond donors (Lipinski definition) is 2. The number of benzene rings is 1. The molecule has 0 spiro atoms. The zero-order valence-corrected chi connectivity index (χ0v) is 20.9. The Morgan fingerprint density at radius 2 is 1.94 bits per heavy atom. The molecule has 0 unspecified atom stereocenters. The quantitative estimate of drug-likeness (QED) is 0.490. The monoisotopic (exact) mass is 466 g/mol. The van der Waals surface area contributed by atoms with Crippen molar-refractivity contribution in [1.82, 2.24) is 30.1 Å². The summed E-state index contributed by atoms with van der Waals surface area (Å²) in [6.07, 6.45) is 6.50. The number of pyridine rings is 1. The summed E-state index contributed by atoms with van der Waals surface area (Å²) in [4.78, 5) is 18.5. The molecule has 0 saturated heterocycles. The minimum atomic E-state index is -0.0668. The van der Waals surface area contributed by atoms with Gasteiger partial charge >= 0.3 is 0 Å². The predicted molar refractivity (Wildman–Crippen MR) is 134 cm³/mol. The molecule has 2 N–H and O–H groups in total. The van der Waals surface area contributed by atoms with E-state index in [-0.39, 0.29) is 24.1 Å². The van der Waals surface area contributed by atoms with Crippen molar-refractivity contribution < 1.29 is 5.11 Å². The van der Waals surface area contributed by atoms with Gasteiger partial charge in [0.2, 0.25) is 0 Å². The highest BCUT2D eigenvalue weighted by Gasteiger charge is 2.32. The summed E-state index contributed by atoms with van der Waals surface area (Å²) < 4.78 is 2.03. The van der Waals surface area contributed by atoms with Crippen LogP contribution in [0.3, 0.4) is 0 Å². The van der Waals surface area contributed by atoms with Crippen LogP contribution < -0.4 is 5.56 Å². The van der Waals surface area contributed by atoms with Crippen LogP contribution in [0, 0.1) is 19.8 Å². The number of tetrazole rings is 1. The fraction of sp³-hybridized carbons (Fsp3) is 0.615. The first-order valence-corrected chi connectivity index (χ1v) is 12.6. The summed E-state index contributed by atoms with van der Waals surface area (Å²) in [7, 11) is 0. The lowest BCUT2D eigenvalue weighted by Gasteiger charge is -2.34. The van der Waals surface area contributed by atoms with Gasteiger partial charge in [-0.2, -0.15) is 0 Å². The third-order valence-electron chi connectivity index (χ3n) is 7.08. The highest BCUT2D eigenvalue weighted by Crippen LogP contribution is 2.34. The van der Waals surface area contributed by atoms with Crippen LogP contribution in [0.15, 0.2) is 23.0 Å². The molecule has 1 aliphatic rings. The van der Waals surface area contributed by atoms with Gasteiger partial charge < -0.3 is 10.1 Å². The zero-order valence-electron chi connectivity index (χ0n) is 20.9. The molecule has 1 atom stereocenters. The summed E-state index contributed by atoms with van der Waals surface area (Å²) in [6, 6.07) is 6.49. The van der Waals surface area contributed by atoms with Crippen molar-refractivity contribution in [2.45, 2.75) is 84.8 Å². The number of aryl methyl sites for hydroxylation is 2. The average molecular weight is 467 g/mol. The Balaban J connectivity index is 1.71. The van der Waals surface area contributed by atoms with E-state index in [1.807, 2.05) is 17.7 Å². The lowest BCUT2D eigenvalue weighted by atomic mass is 9.94. The van der Waals surface area contributed by atoms with Crippen molar-refractivity contribution >= 4 is 10.9 Å². The fourth-order valence-corrected chi connectivity index (χ4v) is 5.52. The van der Waals surface area contributed by atoms with Gasteiger partial charge in [0, 0.05) is 25.3 Å². The maximum absolute atomic E-state index is 13.1. The Morgan fingerprint density at radius 3 is 2.65 bits per heavy atom. The summed E-state index contributed by atoms with van der Waals surface area (Å²) in [5, 5.41) is 23.6. The molecule has 4 rings (SSSR count). The molecule has 2 heterocycles. The number of hydrogen-bond acceptors (Lipinski definition) is 6. The number of rotatable bonds is 9. The van der Waals surface area contributed by atoms with Gasteiger partial charge in [-0.05, 0) is 72.5 Å². The number of fused-ring (bicyclic) bond motifs is 1. The summed E-state index contributed by atoms with van der Waals surface area (Å²) >= 11 is 0. The molecule has 1 aromatic carbocycles. The maximum atomic E-state index is 13.1. The van der Waals surface area contributed by atoms with Gasteiger partial charge in [-0.3, -0.25) is 9.69 Å². The molecule has 3 aromatic rings. The normalized spacial score (nSPS) is 16.1. The van der Waals surface area contributed by atoms with E-state index in [2.05, 4.69) is 58.3 Å². The summed E-state index contributed by atoms with van der Waals surface area (Å²) in [6.45, 7) is 9.67. The first-order chi connectivity index (χ1) is 16.4. The van der Waals surface area contributed by atoms with Crippen molar-refractivity contribution in [3.63, 3.8) is 0 Å². The Labute approximate surface area is 201 Å². The molecule has 8 nitrogen and oxygen atoms in total. The van der Waals surface area contributed by atoms with E-state index in [1.54, 1.807) is 0 Å². The minimum Gasteiger partial charge on any atom is -0.396 e. The second kappa shape index (κ2) is 10.8. The second-order valence-corrected chi connectivity index (χ2v) is 10.2. The van der Waals surface area contributed by atoms with Crippen molar-refractivity contribution in [2.24, 2.45) is 5.92 Å². The first kappa shape index (κ1) is 24.5. The van der Waals surface area contributed by atoms with Crippen LogP contribution in [0.5, 0.6) is 0 Å². The third-order valence-corrected chi connectivity index (χ3v) is 7.08. The smallest absolute Gasteiger partial charge is 0.252 e. The Bertz CT molecular complexity index is 1160. The number of nitrogens with one attached hydrogen (secondary N) is 1. The van der Waals surface area contributed by atoms with Crippen molar-refractivity contribution in [1.29, 1.82) is 0 Å². The molecule has 1 saturated carbocycles. The van der Waals surface area contributed by atoms with Gasteiger partial charge in [0.05, 0.1) is 17.6 Å². The SMILES string of the molecule is Cc1cc(C)c2[nH]c(=O)c(CN(CCCO)[C@@H](c3nnnn3C3CCCCC3)C(C)C)cc2c1. The van der Waals surface area contributed by atoms with Crippen LogP contribution in [0.2, 0.25) is 0 Å². The molecule has 184 valence electrons. The van der Waals surface area contributed by atoms with Gasteiger partial charge in [0.15, 0.2) is 5.82 Å². The van der Waals surface area contributed by atoms with E-state index in [0.29, 0.717) is 25.6 Å². The van der Waals surface area contributed by atoms with Gasteiger partial charge in [-0.1, -0.05) is 44.7 Å². The van der Waals surface area contributed by atoms with Gasteiger partial charge in [-0.25, -0.2) is 4.68 Å². The van der Waals surface area contributed by atoms with Crippen LogP contribution >= 0.6 is 0 Å². The Morgan fingerprint density at radius 1 is 1.18 bits per heavy atom.